The van der Waals surface area contributed by atoms with Crippen molar-refractivity contribution in [3.8, 4) is 0 Å². The molecule has 1 aromatic carbocycles. The average Bonchev–Trinajstić information content (AvgIpc) is 2.80. The van der Waals surface area contributed by atoms with Crippen LogP contribution in [0.3, 0.4) is 0 Å². The van der Waals surface area contributed by atoms with E-state index >= 15 is 0 Å². The summed E-state index contributed by atoms with van der Waals surface area (Å²) in [6, 6.07) is 10.1. The fraction of sp³-hybridized carbons (Fsp3) is 0.429. The molecule has 0 spiro atoms. The first kappa shape index (κ1) is 12.3. The molecule has 1 aliphatic rings. The molecule has 0 bridgehead atoms. The van der Waals surface area contributed by atoms with Gasteiger partial charge < -0.3 is 14.2 Å². The molecule has 0 aliphatic carbocycles. The Balaban J connectivity index is 1.88. The Morgan fingerprint density at radius 1 is 1.41 bits per heavy atom. The highest BCUT2D eigenvalue weighted by molar-refractivity contribution is 5.13. The van der Waals surface area contributed by atoms with Crippen molar-refractivity contribution in [1.82, 2.24) is 0 Å². The van der Waals surface area contributed by atoms with Gasteiger partial charge in [-0.3, -0.25) is 0 Å². The molecule has 0 amide bonds. The summed E-state index contributed by atoms with van der Waals surface area (Å²) in [4.78, 5) is 0. The minimum Gasteiger partial charge on any atom is -0.370 e. The largest absolute Gasteiger partial charge is 0.370 e. The maximum absolute atomic E-state index is 5.85. The Hall–Kier alpha value is -1.16. The maximum atomic E-state index is 5.85. The van der Waals surface area contributed by atoms with Gasteiger partial charge in [0.1, 0.15) is 6.10 Å². The van der Waals surface area contributed by atoms with E-state index in [1.807, 2.05) is 30.3 Å². The van der Waals surface area contributed by atoms with E-state index in [1.165, 1.54) is 0 Å². The summed E-state index contributed by atoms with van der Waals surface area (Å²) in [6.07, 6.45) is 2.29. The molecule has 3 nitrogen and oxygen atoms in total. The Kier molecular flexibility index (Phi) is 4.31. The molecule has 1 aliphatic heterocycles. The van der Waals surface area contributed by atoms with Gasteiger partial charge in [0, 0.05) is 13.5 Å². The standard InChI is InChI=1S/C14H18O3/c1-3-12-13(9-14(15-2)17-12)16-10-11-7-5-4-6-8-11/h3-8,12-14H,1,9-10H2,2H3/t12?,13-,14?/m0/s1. The summed E-state index contributed by atoms with van der Waals surface area (Å²) in [6.45, 7) is 4.35. The molecule has 1 heterocycles. The zero-order valence-corrected chi connectivity index (χ0v) is 10.0. The highest BCUT2D eigenvalue weighted by Crippen LogP contribution is 2.25. The van der Waals surface area contributed by atoms with Crippen LogP contribution in [0.15, 0.2) is 43.0 Å². The lowest BCUT2D eigenvalue weighted by Gasteiger charge is -2.15. The van der Waals surface area contributed by atoms with Crippen LogP contribution in [-0.4, -0.2) is 25.6 Å². The molecule has 2 rings (SSSR count). The summed E-state index contributed by atoms with van der Waals surface area (Å²) in [5.41, 5.74) is 1.16. The third-order valence-electron chi connectivity index (χ3n) is 2.90. The van der Waals surface area contributed by atoms with Crippen molar-refractivity contribution in [1.29, 1.82) is 0 Å². The van der Waals surface area contributed by atoms with Crippen LogP contribution in [0, 0.1) is 0 Å². The number of benzene rings is 1. The number of rotatable bonds is 5. The van der Waals surface area contributed by atoms with Gasteiger partial charge in [-0.25, -0.2) is 0 Å². The summed E-state index contributed by atoms with van der Waals surface area (Å²) in [5.74, 6) is 0. The molecule has 0 N–H and O–H groups in total. The quantitative estimate of drug-likeness (QED) is 0.733. The van der Waals surface area contributed by atoms with Crippen LogP contribution in [0.2, 0.25) is 0 Å². The van der Waals surface area contributed by atoms with Crippen LogP contribution >= 0.6 is 0 Å². The number of methoxy groups -OCH3 is 1. The monoisotopic (exact) mass is 234 g/mol. The molecule has 1 aromatic rings. The van der Waals surface area contributed by atoms with Crippen molar-refractivity contribution < 1.29 is 14.2 Å². The average molecular weight is 234 g/mol. The van der Waals surface area contributed by atoms with Crippen molar-refractivity contribution in [2.24, 2.45) is 0 Å². The normalized spacial score (nSPS) is 28.2. The Morgan fingerprint density at radius 3 is 2.82 bits per heavy atom. The highest BCUT2D eigenvalue weighted by Gasteiger charge is 2.34. The third-order valence-corrected chi connectivity index (χ3v) is 2.90. The summed E-state index contributed by atoms with van der Waals surface area (Å²) < 4.78 is 16.6. The Labute approximate surface area is 102 Å². The predicted octanol–water partition coefficient (Wildman–Crippen LogP) is 2.52. The van der Waals surface area contributed by atoms with Crippen LogP contribution in [-0.2, 0) is 20.8 Å². The lowest BCUT2D eigenvalue weighted by Crippen LogP contribution is -2.21. The van der Waals surface area contributed by atoms with Crippen molar-refractivity contribution in [3.63, 3.8) is 0 Å². The van der Waals surface area contributed by atoms with Gasteiger partial charge in [-0.15, -0.1) is 6.58 Å². The van der Waals surface area contributed by atoms with Crippen LogP contribution in [0.1, 0.15) is 12.0 Å². The smallest absolute Gasteiger partial charge is 0.160 e. The van der Waals surface area contributed by atoms with Crippen LogP contribution in [0.25, 0.3) is 0 Å². The van der Waals surface area contributed by atoms with E-state index in [9.17, 15) is 0 Å². The summed E-state index contributed by atoms with van der Waals surface area (Å²) in [5, 5.41) is 0. The molecular weight excluding hydrogens is 216 g/mol. The van der Waals surface area contributed by atoms with Crippen molar-refractivity contribution >= 4 is 0 Å². The van der Waals surface area contributed by atoms with E-state index in [0.29, 0.717) is 6.61 Å². The van der Waals surface area contributed by atoms with Gasteiger partial charge in [-0.2, -0.15) is 0 Å². The molecule has 3 atom stereocenters. The molecule has 1 saturated heterocycles. The first-order chi connectivity index (χ1) is 8.33. The number of hydrogen-bond acceptors (Lipinski definition) is 3. The highest BCUT2D eigenvalue weighted by atomic mass is 16.7. The van der Waals surface area contributed by atoms with Gasteiger partial charge in [0.05, 0.1) is 12.7 Å². The fourth-order valence-electron chi connectivity index (χ4n) is 1.94. The lowest BCUT2D eigenvalue weighted by atomic mass is 10.2. The molecule has 92 valence electrons. The second-order valence-corrected chi connectivity index (χ2v) is 4.07. The second kappa shape index (κ2) is 5.96. The molecule has 0 radical (unpaired) electrons. The molecule has 17 heavy (non-hydrogen) atoms. The minimum atomic E-state index is -0.182. The zero-order chi connectivity index (χ0) is 12.1. The Morgan fingerprint density at radius 2 is 2.18 bits per heavy atom. The zero-order valence-electron chi connectivity index (χ0n) is 10.0. The van der Waals surface area contributed by atoms with Crippen molar-refractivity contribution in [2.45, 2.75) is 31.5 Å². The second-order valence-electron chi connectivity index (χ2n) is 4.07. The van der Waals surface area contributed by atoms with E-state index in [1.54, 1.807) is 13.2 Å². The number of ether oxygens (including phenoxy) is 3. The van der Waals surface area contributed by atoms with Gasteiger partial charge >= 0.3 is 0 Å². The van der Waals surface area contributed by atoms with E-state index in [-0.39, 0.29) is 18.5 Å². The predicted molar refractivity (Wildman–Crippen MR) is 65.5 cm³/mol. The number of hydrogen-bond donors (Lipinski definition) is 0. The molecule has 2 unspecified atom stereocenters. The molecule has 1 fully saturated rings. The van der Waals surface area contributed by atoms with Crippen LogP contribution in [0.5, 0.6) is 0 Å². The van der Waals surface area contributed by atoms with E-state index in [4.69, 9.17) is 14.2 Å². The fourth-order valence-corrected chi connectivity index (χ4v) is 1.94. The SMILES string of the molecule is C=CC1OC(OC)C[C@@H]1OCc1ccccc1. The van der Waals surface area contributed by atoms with E-state index < -0.39 is 0 Å². The lowest BCUT2D eigenvalue weighted by molar-refractivity contribution is -0.107. The molecule has 0 saturated carbocycles. The maximum Gasteiger partial charge on any atom is 0.160 e. The topological polar surface area (TPSA) is 27.7 Å². The van der Waals surface area contributed by atoms with Crippen molar-refractivity contribution in [2.75, 3.05) is 7.11 Å². The van der Waals surface area contributed by atoms with Gasteiger partial charge in [0.15, 0.2) is 6.29 Å². The van der Waals surface area contributed by atoms with Gasteiger partial charge in [-0.05, 0) is 5.56 Å². The van der Waals surface area contributed by atoms with Crippen molar-refractivity contribution in [3.05, 3.63) is 48.6 Å². The minimum absolute atomic E-state index is 0.0256. The first-order valence-corrected chi connectivity index (χ1v) is 5.80. The van der Waals surface area contributed by atoms with Crippen LogP contribution < -0.4 is 0 Å². The Bertz CT molecular complexity index is 350. The van der Waals surface area contributed by atoms with Crippen LogP contribution in [0.4, 0.5) is 0 Å². The summed E-state index contributed by atoms with van der Waals surface area (Å²) in [7, 11) is 1.64. The van der Waals surface area contributed by atoms with E-state index in [0.717, 1.165) is 12.0 Å². The summed E-state index contributed by atoms with van der Waals surface area (Å²) >= 11 is 0. The molecule has 3 heteroatoms. The first-order valence-electron chi connectivity index (χ1n) is 5.80. The molecule has 0 aromatic heterocycles. The van der Waals surface area contributed by atoms with Gasteiger partial charge in [0.2, 0.25) is 0 Å². The third kappa shape index (κ3) is 3.16. The van der Waals surface area contributed by atoms with Gasteiger partial charge in [0.25, 0.3) is 0 Å². The van der Waals surface area contributed by atoms with Gasteiger partial charge in [-0.1, -0.05) is 36.4 Å². The van der Waals surface area contributed by atoms with E-state index in [2.05, 4.69) is 6.58 Å². The molecular formula is C14H18O3.